The fourth-order valence-corrected chi connectivity index (χ4v) is 2.20. The van der Waals surface area contributed by atoms with Gasteiger partial charge in [-0.2, -0.15) is 0 Å². The number of nitrogens with one attached hydrogen (secondary N) is 1. The number of pyridine rings is 1. The van der Waals surface area contributed by atoms with E-state index in [4.69, 9.17) is 4.74 Å². The summed E-state index contributed by atoms with van der Waals surface area (Å²) in [5, 5.41) is 3.24. The van der Waals surface area contributed by atoms with Gasteiger partial charge in [0.25, 0.3) is 5.91 Å². The van der Waals surface area contributed by atoms with Gasteiger partial charge >= 0.3 is 0 Å². The maximum Gasteiger partial charge on any atom is 0.260 e. The summed E-state index contributed by atoms with van der Waals surface area (Å²) in [6.07, 6.45) is 2.69. The number of aromatic nitrogens is 1. The number of hydrogen-bond donors (Lipinski definition) is 1. The van der Waals surface area contributed by atoms with Crippen LogP contribution < -0.4 is 10.1 Å². The first-order valence-corrected chi connectivity index (χ1v) is 7.40. The number of amidine groups is 1. The van der Waals surface area contributed by atoms with Crippen LogP contribution in [0.2, 0.25) is 0 Å². The lowest BCUT2D eigenvalue weighted by atomic mass is 10.2. The zero-order valence-electron chi connectivity index (χ0n) is 12.6. The summed E-state index contributed by atoms with van der Waals surface area (Å²) in [6, 6.07) is 3.74. The highest BCUT2D eigenvalue weighted by Gasteiger charge is 2.16. The summed E-state index contributed by atoms with van der Waals surface area (Å²) in [4.78, 5) is 22.4. The van der Waals surface area contributed by atoms with Crippen LogP contribution in [0.3, 0.4) is 0 Å². The molecular weight excluding hydrogens is 268 g/mol. The molecule has 0 radical (unpaired) electrons. The zero-order chi connectivity index (χ0) is 15.1. The molecule has 1 aromatic rings. The largest absolute Gasteiger partial charge is 0.467 e. The second-order valence-electron chi connectivity index (χ2n) is 4.72. The predicted octanol–water partition coefficient (Wildman–Crippen LogP) is 1.07. The molecule has 1 aliphatic heterocycles. The van der Waals surface area contributed by atoms with Gasteiger partial charge in [0.15, 0.2) is 6.61 Å². The smallest absolute Gasteiger partial charge is 0.260 e. The Balaban J connectivity index is 2.07. The van der Waals surface area contributed by atoms with Crippen molar-refractivity contribution in [3.8, 4) is 5.88 Å². The number of likely N-dealkylation sites (N-methyl/N-ethyl adjacent to an activating group) is 1. The van der Waals surface area contributed by atoms with Crippen LogP contribution in [0.1, 0.15) is 25.8 Å². The number of ether oxygens (including phenoxy) is 1. The molecule has 2 heterocycles. The average Bonchev–Trinajstić information content (AvgIpc) is 2.55. The number of rotatable bonds is 6. The standard InChI is InChI=1S/C15H22N4O2/c1-3-19(4-2)13(20)11-21-15-12(7-5-8-18-15)14-16-9-6-10-17-14/h5,7-8H,3-4,6,9-11H2,1-2H3,(H,16,17). The van der Waals surface area contributed by atoms with E-state index in [2.05, 4.69) is 15.3 Å². The fourth-order valence-electron chi connectivity index (χ4n) is 2.20. The molecule has 1 aliphatic rings. The van der Waals surface area contributed by atoms with E-state index < -0.39 is 0 Å². The normalized spacial score (nSPS) is 14.1. The van der Waals surface area contributed by atoms with Crippen molar-refractivity contribution in [2.24, 2.45) is 4.99 Å². The van der Waals surface area contributed by atoms with Gasteiger partial charge < -0.3 is 15.0 Å². The lowest BCUT2D eigenvalue weighted by molar-refractivity contribution is -0.133. The molecule has 21 heavy (non-hydrogen) atoms. The minimum atomic E-state index is -0.0323. The van der Waals surface area contributed by atoms with Crippen LogP contribution in [0.4, 0.5) is 0 Å². The van der Waals surface area contributed by atoms with E-state index in [1.54, 1.807) is 11.1 Å². The third-order valence-electron chi connectivity index (χ3n) is 3.37. The van der Waals surface area contributed by atoms with Gasteiger partial charge in [-0.05, 0) is 32.4 Å². The van der Waals surface area contributed by atoms with Gasteiger partial charge in [-0.25, -0.2) is 4.98 Å². The van der Waals surface area contributed by atoms with Crippen LogP contribution >= 0.6 is 0 Å². The van der Waals surface area contributed by atoms with Gasteiger partial charge in [-0.1, -0.05) is 0 Å². The Kier molecular flexibility index (Phi) is 5.54. The quantitative estimate of drug-likeness (QED) is 0.851. The summed E-state index contributed by atoms with van der Waals surface area (Å²) in [5.74, 6) is 1.21. The van der Waals surface area contributed by atoms with E-state index in [0.29, 0.717) is 19.0 Å². The monoisotopic (exact) mass is 290 g/mol. The summed E-state index contributed by atoms with van der Waals surface area (Å²) in [5.41, 5.74) is 0.810. The van der Waals surface area contributed by atoms with Crippen LogP contribution in [0.15, 0.2) is 23.3 Å². The van der Waals surface area contributed by atoms with E-state index in [1.165, 1.54) is 0 Å². The molecule has 1 aromatic heterocycles. The number of carbonyl (C=O) groups excluding carboxylic acids is 1. The maximum absolute atomic E-state index is 12.0. The van der Waals surface area contributed by atoms with E-state index in [1.807, 2.05) is 26.0 Å². The molecule has 0 aliphatic carbocycles. The number of aliphatic imine (C=N–C) groups is 1. The van der Waals surface area contributed by atoms with Gasteiger partial charge in [0, 0.05) is 32.4 Å². The average molecular weight is 290 g/mol. The molecule has 0 aromatic carbocycles. The van der Waals surface area contributed by atoms with Crippen LogP contribution in [0.5, 0.6) is 5.88 Å². The summed E-state index contributed by atoms with van der Waals surface area (Å²) in [7, 11) is 0. The Morgan fingerprint density at radius 2 is 2.24 bits per heavy atom. The first kappa shape index (κ1) is 15.3. The Bertz CT molecular complexity index is 512. The molecule has 0 atom stereocenters. The van der Waals surface area contributed by atoms with Crippen molar-refractivity contribution in [1.82, 2.24) is 15.2 Å². The van der Waals surface area contributed by atoms with Crippen LogP contribution in [-0.4, -0.2) is 54.4 Å². The Morgan fingerprint density at radius 1 is 1.43 bits per heavy atom. The predicted molar refractivity (Wildman–Crippen MR) is 81.7 cm³/mol. The lowest BCUT2D eigenvalue weighted by Gasteiger charge is -2.20. The molecule has 0 bridgehead atoms. The van der Waals surface area contributed by atoms with Gasteiger partial charge in [0.1, 0.15) is 5.84 Å². The SMILES string of the molecule is CCN(CC)C(=O)COc1ncccc1C1=NCCCN1. The molecule has 1 N–H and O–H groups in total. The highest BCUT2D eigenvalue weighted by Crippen LogP contribution is 2.16. The highest BCUT2D eigenvalue weighted by molar-refractivity contribution is 6.01. The van der Waals surface area contributed by atoms with Gasteiger partial charge in [0.2, 0.25) is 5.88 Å². The Hall–Kier alpha value is -2.11. The van der Waals surface area contributed by atoms with Gasteiger partial charge in [-0.15, -0.1) is 0 Å². The number of amides is 1. The van der Waals surface area contributed by atoms with Crippen molar-refractivity contribution in [2.75, 3.05) is 32.8 Å². The number of hydrogen-bond acceptors (Lipinski definition) is 5. The van der Waals surface area contributed by atoms with Crippen LogP contribution in [-0.2, 0) is 4.79 Å². The molecule has 114 valence electrons. The highest BCUT2D eigenvalue weighted by atomic mass is 16.5. The van der Waals surface area contributed by atoms with Gasteiger partial charge in [0.05, 0.1) is 5.56 Å². The molecule has 1 amide bonds. The lowest BCUT2D eigenvalue weighted by Crippen LogP contribution is -2.35. The third kappa shape index (κ3) is 3.93. The van der Waals surface area contributed by atoms with E-state index in [0.717, 1.165) is 30.9 Å². The molecule has 6 nitrogen and oxygen atoms in total. The minimum absolute atomic E-state index is 0.00102. The topological polar surface area (TPSA) is 66.8 Å². The molecular formula is C15H22N4O2. The van der Waals surface area contributed by atoms with Gasteiger partial charge in [-0.3, -0.25) is 9.79 Å². The van der Waals surface area contributed by atoms with E-state index >= 15 is 0 Å². The number of nitrogens with zero attached hydrogens (tertiary/aromatic N) is 3. The van der Waals surface area contributed by atoms with Crippen molar-refractivity contribution in [3.63, 3.8) is 0 Å². The van der Waals surface area contributed by atoms with E-state index in [-0.39, 0.29) is 12.5 Å². The molecule has 2 rings (SSSR count). The molecule has 0 saturated heterocycles. The minimum Gasteiger partial charge on any atom is -0.467 e. The van der Waals surface area contributed by atoms with Crippen molar-refractivity contribution in [2.45, 2.75) is 20.3 Å². The first-order chi connectivity index (χ1) is 10.3. The molecule has 6 heteroatoms. The molecule has 0 spiro atoms. The van der Waals surface area contributed by atoms with Crippen molar-refractivity contribution in [1.29, 1.82) is 0 Å². The fraction of sp³-hybridized carbons (Fsp3) is 0.533. The van der Waals surface area contributed by atoms with E-state index in [9.17, 15) is 4.79 Å². The third-order valence-corrected chi connectivity index (χ3v) is 3.37. The Labute approximate surface area is 125 Å². The Morgan fingerprint density at radius 3 is 2.90 bits per heavy atom. The van der Waals surface area contributed by atoms with Crippen LogP contribution in [0, 0.1) is 0 Å². The molecule has 0 unspecified atom stereocenters. The second kappa shape index (κ2) is 7.61. The summed E-state index contributed by atoms with van der Waals surface area (Å²) in [6.45, 7) is 6.96. The maximum atomic E-state index is 12.0. The van der Waals surface area contributed by atoms with Crippen molar-refractivity contribution < 1.29 is 9.53 Å². The first-order valence-electron chi connectivity index (χ1n) is 7.40. The zero-order valence-corrected chi connectivity index (χ0v) is 12.6. The van der Waals surface area contributed by atoms with Crippen LogP contribution in [0.25, 0.3) is 0 Å². The number of carbonyl (C=O) groups is 1. The molecule has 0 fully saturated rings. The van der Waals surface area contributed by atoms with Crippen molar-refractivity contribution in [3.05, 3.63) is 23.9 Å². The molecule has 0 saturated carbocycles. The summed E-state index contributed by atoms with van der Waals surface area (Å²) >= 11 is 0. The second-order valence-corrected chi connectivity index (χ2v) is 4.72. The summed E-state index contributed by atoms with van der Waals surface area (Å²) < 4.78 is 5.61. The van der Waals surface area contributed by atoms with Crippen molar-refractivity contribution >= 4 is 11.7 Å².